The standard InChI is InChI=1S/C15H23N5O2/c1-10(2)13(19-15(16)22)14(21)18-11-5-6-12(17-9-11)20-7-3-4-8-20/h5-6,9-10,13H,3-4,7-8H2,1-2H3,(H,18,21)(H3,16,19,22). The first-order valence-corrected chi connectivity index (χ1v) is 7.55. The number of nitrogens with two attached hydrogens (primary N) is 1. The van der Waals surface area contributed by atoms with Crippen molar-refractivity contribution < 1.29 is 9.59 Å². The third-order valence-electron chi connectivity index (χ3n) is 3.69. The highest BCUT2D eigenvalue weighted by Gasteiger charge is 2.23. The molecule has 0 bridgehead atoms. The van der Waals surface area contributed by atoms with Gasteiger partial charge in [-0.05, 0) is 30.9 Å². The smallest absolute Gasteiger partial charge is 0.312 e. The molecule has 4 N–H and O–H groups in total. The molecule has 1 fully saturated rings. The maximum absolute atomic E-state index is 12.2. The summed E-state index contributed by atoms with van der Waals surface area (Å²) in [5, 5.41) is 5.21. The Kier molecular flexibility index (Phi) is 5.19. The summed E-state index contributed by atoms with van der Waals surface area (Å²) in [5.74, 6) is 0.556. The molecule has 0 aliphatic carbocycles. The van der Waals surface area contributed by atoms with E-state index in [9.17, 15) is 9.59 Å². The van der Waals surface area contributed by atoms with Crippen LogP contribution in [-0.2, 0) is 4.79 Å². The molecule has 1 aromatic heterocycles. The van der Waals surface area contributed by atoms with Gasteiger partial charge in [-0.2, -0.15) is 0 Å². The molecule has 0 radical (unpaired) electrons. The van der Waals surface area contributed by atoms with Crippen LogP contribution in [-0.4, -0.2) is 36.1 Å². The Hall–Kier alpha value is -2.31. The summed E-state index contributed by atoms with van der Waals surface area (Å²) < 4.78 is 0. The SMILES string of the molecule is CC(C)C(NC(N)=O)C(=O)Nc1ccc(N2CCCC2)nc1. The fourth-order valence-corrected chi connectivity index (χ4v) is 2.50. The lowest BCUT2D eigenvalue weighted by atomic mass is 10.0. The van der Waals surface area contributed by atoms with Crippen molar-refractivity contribution in [1.82, 2.24) is 10.3 Å². The van der Waals surface area contributed by atoms with Crippen LogP contribution in [0, 0.1) is 5.92 Å². The number of amides is 3. The van der Waals surface area contributed by atoms with Gasteiger partial charge in [0.25, 0.3) is 0 Å². The average molecular weight is 305 g/mol. The number of carbonyl (C=O) groups excluding carboxylic acids is 2. The minimum Gasteiger partial charge on any atom is -0.357 e. The quantitative estimate of drug-likeness (QED) is 0.763. The number of anilines is 2. The molecule has 2 heterocycles. The second-order valence-electron chi connectivity index (χ2n) is 5.82. The van der Waals surface area contributed by atoms with E-state index in [2.05, 4.69) is 20.5 Å². The zero-order chi connectivity index (χ0) is 16.1. The van der Waals surface area contributed by atoms with E-state index in [-0.39, 0.29) is 11.8 Å². The Morgan fingerprint density at radius 3 is 2.45 bits per heavy atom. The van der Waals surface area contributed by atoms with Crippen LogP contribution in [0.3, 0.4) is 0 Å². The van der Waals surface area contributed by atoms with Gasteiger partial charge in [0.2, 0.25) is 5.91 Å². The number of nitrogens with zero attached hydrogens (tertiary/aromatic N) is 2. The minimum atomic E-state index is -0.712. The molecule has 1 aromatic rings. The number of hydrogen-bond acceptors (Lipinski definition) is 4. The first-order valence-electron chi connectivity index (χ1n) is 7.55. The lowest BCUT2D eigenvalue weighted by Gasteiger charge is -2.21. The van der Waals surface area contributed by atoms with Gasteiger partial charge in [-0.1, -0.05) is 13.8 Å². The molecular formula is C15H23N5O2. The molecule has 0 spiro atoms. The zero-order valence-electron chi connectivity index (χ0n) is 13.0. The van der Waals surface area contributed by atoms with Crippen molar-refractivity contribution in [1.29, 1.82) is 0 Å². The Bertz CT molecular complexity index is 523. The number of carbonyl (C=O) groups is 2. The molecule has 0 aromatic carbocycles. The second kappa shape index (κ2) is 7.11. The molecule has 0 saturated carbocycles. The Morgan fingerprint density at radius 2 is 1.95 bits per heavy atom. The lowest BCUT2D eigenvalue weighted by Crippen LogP contribution is -2.49. The van der Waals surface area contributed by atoms with Crippen LogP contribution < -0.4 is 21.3 Å². The van der Waals surface area contributed by atoms with Gasteiger partial charge in [0.1, 0.15) is 11.9 Å². The van der Waals surface area contributed by atoms with E-state index in [1.807, 2.05) is 26.0 Å². The van der Waals surface area contributed by atoms with Gasteiger partial charge in [-0.3, -0.25) is 4.79 Å². The van der Waals surface area contributed by atoms with E-state index in [4.69, 9.17) is 5.73 Å². The van der Waals surface area contributed by atoms with Gasteiger partial charge in [-0.25, -0.2) is 9.78 Å². The number of pyridine rings is 1. The fourth-order valence-electron chi connectivity index (χ4n) is 2.50. The molecule has 7 heteroatoms. The van der Waals surface area contributed by atoms with Crippen molar-refractivity contribution in [2.45, 2.75) is 32.7 Å². The molecule has 1 atom stereocenters. The van der Waals surface area contributed by atoms with Crippen molar-refractivity contribution in [2.75, 3.05) is 23.3 Å². The highest BCUT2D eigenvalue weighted by Crippen LogP contribution is 2.19. The number of rotatable bonds is 5. The number of primary amides is 1. The van der Waals surface area contributed by atoms with Gasteiger partial charge < -0.3 is 21.3 Å². The molecule has 1 aliphatic heterocycles. The van der Waals surface area contributed by atoms with E-state index in [1.54, 1.807) is 6.20 Å². The summed E-state index contributed by atoms with van der Waals surface area (Å²) in [6, 6.07) is 2.33. The van der Waals surface area contributed by atoms with Gasteiger partial charge in [0, 0.05) is 13.1 Å². The Morgan fingerprint density at radius 1 is 1.27 bits per heavy atom. The predicted molar refractivity (Wildman–Crippen MR) is 85.7 cm³/mol. The van der Waals surface area contributed by atoms with Crippen LogP contribution in [0.4, 0.5) is 16.3 Å². The maximum Gasteiger partial charge on any atom is 0.312 e. The normalized spacial score (nSPS) is 15.7. The average Bonchev–Trinajstić information content (AvgIpc) is 2.99. The summed E-state index contributed by atoms with van der Waals surface area (Å²) in [4.78, 5) is 29.8. The van der Waals surface area contributed by atoms with Gasteiger partial charge in [-0.15, -0.1) is 0 Å². The first kappa shape index (κ1) is 16.1. The van der Waals surface area contributed by atoms with Crippen LogP contribution in [0.5, 0.6) is 0 Å². The van der Waals surface area contributed by atoms with Crippen LogP contribution in [0.2, 0.25) is 0 Å². The third kappa shape index (κ3) is 4.09. The molecule has 1 saturated heterocycles. The Balaban J connectivity index is 1.99. The highest BCUT2D eigenvalue weighted by atomic mass is 16.2. The van der Waals surface area contributed by atoms with Crippen molar-refractivity contribution >= 4 is 23.4 Å². The van der Waals surface area contributed by atoms with E-state index in [0.29, 0.717) is 5.69 Å². The number of aromatic nitrogens is 1. The molecule has 1 aliphatic rings. The molecule has 120 valence electrons. The van der Waals surface area contributed by atoms with E-state index in [0.717, 1.165) is 18.9 Å². The third-order valence-corrected chi connectivity index (χ3v) is 3.69. The second-order valence-corrected chi connectivity index (χ2v) is 5.82. The number of hydrogen-bond donors (Lipinski definition) is 3. The van der Waals surface area contributed by atoms with Gasteiger partial charge in [0.15, 0.2) is 0 Å². The van der Waals surface area contributed by atoms with E-state index < -0.39 is 12.1 Å². The van der Waals surface area contributed by atoms with Crippen LogP contribution in [0.1, 0.15) is 26.7 Å². The van der Waals surface area contributed by atoms with Crippen molar-refractivity contribution in [2.24, 2.45) is 11.7 Å². The summed E-state index contributed by atoms with van der Waals surface area (Å²) in [7, 11) is 0. The predicted octanol–water partition coefficient (Wildman–Crippen LogP) is 1.31. The first-order chi connectivity index (χ1) is 10.5. The number of nitrogens with one attached hydrogen (secondary N) is 2. The highest BCUT2D eigenvalue weighted by molar-refractivity contribution is 5.97. The van der Waals surface area contributed by atoms with E-state index in [1.165, 1.54) is 12.8 Å². The van der Waals surface area contributed by atoms with Crippen molar-refractivity contribution in [3.63, 3.8) is 0 Å². The summed E-state index contributed by atoms with van der Waals surface area (Å²) in [5.41, 5.74) is 5.71. The van der Waals surface area contributed by atoms with Crippen molar-refractivity contribution in [3.05, 3.63) is 18.3 Å². The van der Waals surface area contributed by atoms with Gasteiger partial charge in [0.05, 0.1) is 11.9 Å². The molecule has 22 heavy (non-hydrogen) atoms. The molecule has 3 amide bonds. The summed E-state index contributed by atoms with van der Waals surface area (Å²) in [6.45, 7) is 5.73. The topological polar surface area (TPSA) is 100 Å². The Labute approximate surface area is 130 Å². The molecular weight excluding hydrogens is 282 g/mol. The minimum absolute atomic E-state index is 0.0654. The van der Waals surface area contributed by atoms with Crippen LogP contribution in [0.25, 0.3) is 0 Å². The molecule has 7 nitrogen and oxygen atoms in total. The van der Waals surface area contributed by atoms with E-state index >= 15 is 0 Å². The number of urea groups is 1. The maximum atomic E-state index is 12.2. The van der Waals surface area contributed by atoms with Gasteiger partial charge >= 0.3 is 6.03 Å². The molecule has 1 unspecified atom stereocenters. The molecule has 2 rings (SSSR count). The van der Waals surface area contributed by atoms with Crippen LogP contribution in [0.15, 0.2) is 18.3 Å². The fraction of sp³-hybridized carbons (Fsp3) is 0.533. The monoisotopic (exact) mass is 305 g/mol. The zero-order valence-corrected chi connectivity index (χ0v) is 13.0. The summed E-state index contributed by atoms with van der Waals surface area (Å²) >= 11 is 0. The summed E-state index contributed by atoms with van der Waals surface area (Å²) in [6.07, 6.45) is 4.01. The van der Waals surface area contributed by atoms with Crippen molar-refractivity contribution in [3.8, 4) is 0 Å². The van der Waals surface area contributed by atoms with Crippen LogP contribution >= 0.6 is 0 Å². The largest absolute Gasteiger partial charge is 0.357 e. The lowest BCUT2D eigenvalue weighted by molar-refractivity contribution is -0.118.